The van der Waals surface area contributed by atoms with Gasteiger partial charge in [-0.1, -0.05) is 59.2 Å². The highest BCUT2D eigenvalue weighted by Crippen LogP contribution is 2.41. The largest absolute Gasteiger partial charge is 0.506 e. The van der Waals surface area contributed by atoms with E-state index >= 15 is 0 Å². The molecule has 0 saturated heterocycles. The van der Waals surface area contributed by atoms with E-state index in [0.717, 1.165) is 11.8 Å². The second-order valence-corrected chi connectivity index (χ2v) is 7.29. The van der Waals surface area contributed by atoms with Crippen molar-refractivity contribution < 1.29 is 14.6 Å². The molecule has 138 valence electrons. The predicted molar refractivity (Wildman–Crippen MR) is 112 cm³/mol. The third-order valence-corrected chi connectivity index (χ3v) is 5.31. The summed E-state index contributed by atoms with van der Waals surface area (Å²) >= 11 is 13.6. The molecule has 0 aliphatic carbocycles. The molecule has 0 atom stereocenters. The molecule has 4 nitrogen and oxygen atoms in total. The zero-order valence-corrected chi connectivity index (χ0v) is 16.6. The number of aliphatic hydroxyl groups is 1. The van der Waals surface area contributed by atoms with Gasteiger partial charge in [-0.25, -0.2) is 9.79 Å². The van der Waals surface area contributed by atoms with Gasteiger partial charge in [0, 0.05) is 15.6 Å². The Labute approximate surface area is 171 Å². The first-order valence-corrected chi connectivity index (χ1v) is 9.67. The topological polar surface area (TPSA) is 58.9 Å². The summed E-state index contributed by atoms with van der Waals surface area (Å²) in [6.07, 6.45) is 1.64. The summed E-state index contributed by atoms with van der Waals surface area (Å²) < 4.78 is 5.08. The first kappa shape index (κ1) is 19.5. The first-order valence-electron chi connectivity index (χ1n) is 8.09. The summed E-state index contributed by atoms with van der Waals surface area (Å²) in [5, 5.41) is 11.9. The fourth-order valence-electron chi connectivity index (χ4n) is 2.39. The average Bonchev–Trinajstić information content (AvgIpc) is 2.94. The number of ether oxygens (including phenoxy) is 1. The van der Waals surface area contributed by atoms with Crippen LogP contribution < -0.4 is 0 Å². The zero-order valence-electron chi connectivity index (χ0n) is 14.3. The van der Waals surface area contributed by atoms with Gasteiger partial charge in [0.1, 0.15) is 16.4 Å². The van der Waals surface area contributed by atoms with Crippen LogP contribution in [0.4, 0.5) is 5.69 Å². The number of para-hydroxylation sites is 1. The van der Waals surface area contributed by atoms with E-state index in [1.807, 2.05) is 18.2 Å². The quantitative estimate of drug-likeness (QED) is 0.600. The molecule has 3 rings (SSSR count). The van der Waals surface area contributed by atoms with Crippen molar-refractivity contribution >= 4 is 57.7 Å². The lowest BCUT2D eigenvalue weighted by Gasteiger charge is -2.03. The number of hydrogen-bond donors (Lipinski definition) is 1. The monoisotopic (exact) mass is 419 g/mol. The Balaban J connectivity index is 2.09. The molecule has 0 spiro atoms. The van der Waals surface area contributed by atoms with E-state index in [1.54, 1.807) is 43.3 Å². The molecule has 2 aromatic carbocycles. The highest BCUT2D eigenvalue weighted by atomic mass is 35.5. The van der Waals surface area contributed by atoms with Crippen molar-refractivity contribution in [1.29, 1.82) is 0 Å². The van der Waals surface area contributed by atoms with E-state index in [2.05, 4.69) is 4.99 Å². The van der Waals surface area contributed by atoms with E-state index in [9.17, 15) is 9.90 Å². The van der Waals surface area contributed by atoms with Gasteiger partial charge in [-0.05, 0) is 37.3 Å². The molecule has 1 aliphatic heterocycles. The summed E-state index contributed by atoms with van der Waals surface area (Å²) in [4.78, 5) is 17.3. The minimum absolute atomic E-state index is 0.0279. The van der Waals surface area contributed by atoms with Crippen LogP contribution in [0, 0.1) is 0 Å². The Morgan fingerprint density at radius 1 is 1.15 bits per heavy atom. The van der Waals surface area contributed by atoms with Crippen LogP contribution >= 0.6 is 35.0 Å². The van der Waals surface area contributed by atoms with Crippen LogP contribution in [-0.2, 0) is 9.53 Å². The molecule has 1 N–H and O–H groups in total. The second kappa shape index (κ2) is 8.65. The molecule has 0 fully saturated rings. The predicted octanol–water partition coefficient (Wildman–Crippen LogP) is 6.19. The van der Waals surface area contributed by atoms with Gasteiger partial charge in [0.2, 0.25) is 0 Å². The number of aliphatic imine (C=N–C) groups is 1. The normalized spacial score (nSPS) is 17.0. The molecule has 1 heterocycles. The van der Waals surface area contributed by atoms with Crippen LogP contribution in [0.2, 0.25) is 10.0 Å². The Bertz CT molecular complexity index is 948. The van der Waals surface area contributed by atoms with Crippen LogP contribution in [0.1, 0.15) is 12.5 Å². The van der Waals surface area contributed by atoms with Gasteiger partial charge in [-0.3, -0.25) is 0 Å². The molecule has 7 heteroatoms. The number of halogens is 2. The number of hydrogen-bond acceptors (Lipinski definition) is 5. The highest BCUT2D eigenvalue weighted by molar-refractivity contribution is 8.18. The molecule has 0 bridgehead atoms. The Morgan fingerprint density at radius 2 is 1.81 bits per heavy atom. The maximum atomic E-state index is 12.4. The van der Waals surface area contributed by atoms with Crippen LogP contribution in [0.5, 0.6) is 0 Å². The fourth-order valence-corrected chi connectivity index (χ4v) is 3.91. The van der Waals surface area contributed by atoms with Gasteiger partial charge in [-0.2, -0.15) is 0 Å². The molecular weight excluding hydrogens is 405 g/mol. The smallest absolute Gasteiger partial charge is 0.344 e. The number of thioether (sulfide) groups is 1. The maximum Gasteiger partial charge on any atom is 0.344 e. The number of aliphatic hydroxyl groups excluding tert-OH is 1. The van der Waals surface area contributed by atoms with Gasteiger partial charge in [0.05, 0.1) is 17.2 Å². The molecule has 2 aromatic rings. The van der Waals surface area contributed by atoms with Crippen molar-refractivity contribution in [2.45, 2.75) is 6.92 Å². The summed E-state index contributed by atoms with van der Waals surface area (Å²) in [6.45, 7) is 1.89. The van der Waals surface area contributed by atoms with Crippen molar-refractivity contribution in [1.82, 2.24) is 0 Å². The lowest BCUT2D eigenvalue weighted by molar-refractivity contribution is -0.138. The molecule has 1 aliphatic rings. The lowest BCUT2D eigenvalue weighted by atomic mass is 10.1. The maximum absolute atomic E-state index is 12.4. The number of nitrogens with zero attached hydrogens (tertiary/aromatic N) is 1. The van der Waals surface area contributed by atoms with Crippen LogP contribution in [0.15, 0.2) is 69.8 Å². The van der Waals surface area contributed by atoms with Crippen molar-refractivity contribution in [2.75, 3.05) is 6.61 Å². The van der Waals surface area contributed by atoms with E-state index in [4.69, 9.17) is 27.9 Å². The van der Waals surface area contributed by atoms with Gasteiger partial charge >= 0.3 is 5.97 Å². The van der Waals surface area contributed by atoms with Crippen LogP contribution in [0.25, 0.3) is 6.08 Å². The molecule has 27 heavy (non-hydrogen) atoms. The summed E-state index contributed by atoms with van der Waals surface area (Å²) in [7, 11) is 0. The van der Waals surface area contributed by atoms with E-state index in [0.29, 0.717) is 31.2 Å². The third kappa shape index (κ3) is 4.38. The highest BCUT2D eigenvalue weighted by Gasteiger charge is 2.33. The van der Waals surface area contributed by atoms with Gasteiger partial charge in [0.25, 0.3) is 0 Å². The minimum Gasteiger partial charge on any atom is -0.506 e. The Kier molecular flexibility index (Phi) is 6.26. The van der Waals surface area contributed by atoms with Gasteiger partial charge in [0.15, 0.2) is 0 Å². The number of carbonyl (C=O) groups is 1. The van der Waals surface area contributed by atoms with E-state index in [1.165, 1.54) is 0 Å². The zero-order chi connectivity index (χ0) is 19.4. The summed E-state index contributed by atoms with van der Waals surface area (Å²) in [6, 6.07) is 14.3. The Hall–Kier alpha value is -2.21. The first-order chi connectivity index (χ1) is 13.0. The lowest BCUT2D eigenvalue weighted by Crippen LogP contribution is -2.12. The fraction of sp³-hybridized carbons (Fsp3) is 0.100. The molecule has 0 unspecified atom stereocenters. The van der Waals surface area contributed by atoms with Crippen LogP contribution in [-0.4, -0.2) is 22.7 Å². The number of carbonyl (C=O) groups excluding carboxylic acids is 1. The molecule has 0 amide bonds. The molecule has 0 radical (unpaired) electrons. The SMILES string of the molecule is CCOC(=O)C1=C(O)C(=Cc2c(Cl)cccc2Cl)SC1=Nc1ccccc1. The average molecular weight is 420 g/mol. The van der Waals surface area contributed by atoms with Crippen molar-refractivity contribution in [2.24, 2.45) is 4.99 Å². The third-order valence-electron chi connectivity index (χ3n) is 3.63. The second-order valence-electron chi connectivity index (χ2n) is 5.44. The number of esters is 1. The summed E-state index contributed by atoms with van der Waals surface area (Å²) in [5.41, 5.74) is 1.24. The summed E-state index contributed by atoms with van der Waals surface area (Å²) in [5.74, 6) is -0.838. The standard InChI is InChI=1S/C20H15Cl2NO3S/c1-2-26-20(25)17-18(24)16(11-13-14(21)9-6-10-15(13)22)27-19(17)23-12-7-4-3-5-8-12/h3-11,24H,2H2,1H3. The van der Waals surface area contributed by atoms with E-state index in [-0.39, 0.29) is 17.9 Å². The minimum atomic E-state index is -0.633. The van der Waals surface area contributed by atoms with Crippen LogP contribution in [0.3, 0.4) is 0 Å². The molecular formula is C20H15Cl2NO3S. The van der Waals surface area contributed by atoms with E-state index < -0.39 is 5.97 Å². The number of benzene rings is 2. The van der Waals surface area contributed by atoms with Crippen molar-refractivity contribution in [3.05, 3.63) is 80.4 Å². The van der Waals surface area contributed by atoms with Gasteiger partial charge in [-0.15, -0.1) is 0 Å². The molecule has 0 aromatic heterocycles. The van der Waals surface area contributed by atoms with Crippen molar-refractivity contribution in [3.8, 4) is 0 Å². The molecule has 0 saturated carbocycles. The van der Waals surface area contributed by atoms with Crippen molar-refractivity contribution in [3.63, 3.8) is 0 Å². The van der Waals surface area contributed by atoms with Gasteiger partial charge < -0.3 is 9.84 Å². The Morgan fingerprint density at radius 3 is 2.44 bits per heavy atom. The number of rotatable bonds is 4.